The summed E-state index contributed by atoms with van der Waals surface area (Å²) < 4.78 is 76.5. The average molecular weight is 1140 g/mol. The molecule has 9 aromatic rings. The maximum Gasteiger partial charge on any atom is 0.148 e. The Morgan fingerprint density at radius 1 is 0.500 bits per heavy atom. The molecule has 0 aliphatic heterocycles. The van der Waals surface area contributed by atoms with Gasteiger partial charge in [-0.1, -0.05) is 229 Å². The summed E-state index contributed by atoms with van der Waals surface area (Å²) in [5.74, 6) is 0.747. The molecule has 0 saturated carbocycles. The number of hydrogen-bond acceptors (Lipinski definition) is 3. The maximum atomic E-state index is 12.7. The van der Waals surface area contributed by atoms with E-state index >= 15 is 0 Å². The van der Waals surface area contributed by atoms with Crippen molar-refractivity contribution < 1.29 is 38.5 Å². The smallest absolute Gasteiger partial charge is 0.148 e. The summed E-state index contributed by atoms with van der Waals surface area (Å²) in [5.41, 5.74) is 9.61. The second-order valence-corrected chi connectivity index (χ2v) is 22.7. The van der Waals surface area contributed by atoms with E-state index in [2.05, 4.69) is 160 Å². The zero-order valence-electron chi connectivity index (χ0n) is 52.2. The number of pyridine rings is 1. The largest absolute Gasteiger partial charge is 0.507 e. The van der Waals surface area contributed by atoms with Crippen LogP contribution in [0.5, 0.6) is 5.75 Å². The molecule has 0 atom stereocenters. The Kier molecular flexibility index (Phi) is 11.0. The van der Waals surface area contributed by atoms with Gasteiger partial charge in [-0.2, -0.15) is 0 Å². The monoisotopic (exact) mass is 1140 g/mol. The van der Waals surface area contributed by atoms with Gasteiger partial charge in [0, 0.05) is 56.4 Å². The number of hydrogen-bond donors (Lipinski definition) is 1. The molecule has 2 aromatic heterocycles. The van der Waals surface area contributed by atoms with Crippen molar-refractivity contribution in [3.63, 3.8) is 0 Å². The van der Waals surface area contributed by atoms with E-state index in [4.69, 9.17) is 22.3 Å². The van der Waals surface area contributed by atoms with E-state index < -0.39 is 31.4 Å². The normalized spacial score (nSPS) is 14.9. The summed E-state index contributed by atoms with van der Waals surface area (Å²) in [5, 5.41) is 12.7. The molecule has 0 radical (unpaired) electrons. The van der Waals surface area contributed by atoms with Gasteiger partial charge in [-0.15, -0.1) is 23.8 Å². The number of fused-ring (bicyclic) bond motifs is 1. The molecule has 2 heterocycles. The van der Waals surface area contributed by atoms with Crippen molar-refractivity contribution in [2.24, 2.45) is 5.41 Å². The first-order valence-corrected chi connectivity index (χ1v) is 24.5. The van der Waals surface area contributed by atoms with Gasteiger partial charge >= 0.3 is 0 Å². The predicted octanol–water partition coefficient (Wildman–Crippen LogP) is 18.1. The Morgan fingerprint density at radius 3 is 1.74 bits per heavy atom. The first-order chi connectivity index (χ1) is 37.1. The first kappa shape index (κ1) is 41.2. The van der Waals surface area contributed by atoms with Gasteiger partial charge in [0.2, 0.25) is 0 Å². The molecule has 1 N–H and O–H groups in total. The van der Waals surface area contributed by atoms with Crippen LogP contribution in [0.15, 0.2) is 164 Å². The quantitative estimate of drug-likeness (QED) is 0.154. The zero-order valence-corrected chi connectivity index (χ0v) is 45.5. The van der Waals surface area contributed by atoms with Crippen LogP contribution in [0.4, 0.5) is 0 Å². The van der Waals surface area contributed by atoms with Crippen LogP contribution < -0.4 is 0 Å². The number of rotatable bonds is 8. The van der Waals surface area contributed by atoms with Gasteiger partial charge in [0.1, 0.15) is 11.6 Å². The van der Waals surface area contributed by atoms with Crippen LogP contribution in [0.3, 0.4) is 0 Å². The van der Waals surface area contributed by atoms with Crippen molar-refractivity contribution in [2.75, 3.05) is 0 Å². The molecule has 0 saturated heterocycles. The van der Waals surface area contributed by atoms with Gasteiger partial charge in [0.05, 0.1) is 22.3 Å². The SMILES string of the molecule is [2H]C([2H])([2H])C(c1ccc(-c2ccnc(-c3[c-]c(-c4cccc5c4nc(-c4cc(C(C)(C)C)cc(C(C)(C)C)c4O)n5-c4ccc(C(C)(C)C(C)(C)C)cc4-c4ccccc4)cc(-c4ccccc4)c3)c2)cc1)(C([2H])([2H])[2H])C([2H])([2H])[2H].[Pt]. The van der Waals surface area contributed by atoms with E-state index in [0.717, 1.165) is 55.7 Å². The van der Waals surface area contributed by atoms with Gasteiger partial charge in [-0.05, 0) is 96.4 Å². The molecule has 5 heteroatoms. The fraction of sp³-hybridized carbons (Fsp3) is 0.284. The number of aromatic hydroxyl groups is 1. The fourth-order valence-corrected chi connectivity index (χ4v) is 9.27. The van der Waals surface area contributed by atoms with Crippen LogP contribution >= 0.6 is 0 Å². The predicted molar refractivity (Wildman–Crippen MR) is 301 cm³/mol. The van der Waals surface area contributed by atoms with Gasteiger partial charge in [0.25, 0.3) is 0 Å². The van der Waals surface area contributed by atoms with Crippen molar-refractivity contribution >= 4 is 11.0 Å². The van der Waals surface area contributed by atoms with Crippen LogP contribution in [-0.2, 0) is 42.7 Å². The molecule has 9 rings (SSSR count). The number of imidazole rings is 1. The summed E-state index contributed by atoms with van der Waals surface area (Å²) >= 11 is 0. The first-order valence-electron chi connectivity index (χ1n) is 29.0. The molecule has 0 fully saturated rings. The number of phenols is 1. The number of benzene rings is 7. The summed E-state index contributed by atoms with van der Waals surface area (Å²) in [4.78, 5) is 10.5. The topological polar surface area (TPSA) is 50.9 Å². The van der Waals surface area contributed by atoms with Crippen LogP contribution in [-0.4, -0.2) is 19.6 Å². The Balaban J connectivity index is 0.00000860. The molecular weight excluding hydrogens is 1060 g/mol. The van der Waals surface area contributed by atoms with Crippen molar-refractivity contribution in [1.29, 1.82) is 0 Å². The van der Waals surface area contributed by atoms with Crippen LogP contribution in [0.25, 0.3) is 83.9 Å². The summed E-state index contributed by atoms with van der Waals surface area (Å²) in [7, 11) is 0. The molecule has 0 aliphatic rings. The molecule has 0 spiro atoms. The molecule has 0 bridgehead atoms. The second kappa shape index (κ2) is 19.2. The van der Waals surface area contributed by atoms with Crippen molar-refractivity contribution in [3.05, 3.63) is 192 Å². The Labute approximate surface area is 456 Å². The Bertz CT molecular complexity index is 3730. The van der Waals surface area contributed by atoms with E-state index in [1.165, 1.54) is 17.7 Å². The van der Waals surface area contributed by atoms with E-state index in [9.17, 15) is 5.11 Å². The average Bonchev–Trinajstić information content (AvgIpc) is 3.77. The molecule has 0 amide bonds. The number of aromatic nitrogens is 3. The number of phenolic OH excluding ortho intramolecular Hbond substituents is 1. The van der Waals surface area contributed by atoms with Crippen LogP contribution in [0.2, 0.25) is 0 Å². The summed E-state index contributed by atoms with van der Waals surface area (Å²) in [6.07, 6.45) is 1.66. The van der Waals surface area contributed by atoms with E-state index in [0.29, 0.717) is 39.3 Å². The molecule has 7 aromatic carbocycles. The van der Waals surface area contributed by atoms with Gasteiger partial charge in [0.15, 0.2) is 0 Å². The van der Waals surface area contributed by atoms with Gasteiger partial charge in [-0.3, -0.25) is 9.55 Å². The Morgan fingerprint density at radius 2 is 1.11 bits per heavy atom. The molecular formula is C67H70N3OPt-. The molecule has 72 heavy (non-hydrogen) atoms. The summed E-state index contributed by atoms with van der Waals surface area (Å²) in [6.45, 7) is 14.2. The minimum Gasteiger partial charge on any atom is -0.507 e. The molecule has 4 nitrogen and oxygen atoms in total. The number of nitrogens with zero attached hydrogens (tertiary/aromatic N) is 3. The minimum absolute atomic E-state index is 0. The van der Waals surface area contributed by atoms with Gasteiger partial charge < -0.3 is 5.11 Å². The molecule has 370 valence electrons. The van der Waals surface area contributed by atoms with Crippen molar-refractivity contribution in [1.82, 2.24) is 14.5 Å². The fourth-order valence-electron chi connectivity index (χ4n) is 9.27. The second-order valence-electron chi connectivity index (χ2n) is 22.7. The standard InChI is InChI=1S/C67H70N3O.Pt/c1-63(2,3)50-30-28-44(29-31-50)46-34-35-68-57(39-46)49-37-47(43-22-17-15-18-23-43)36-48(38-49)53-26-21-27-59-60(53)69-62(55-41-52(64(4,5)6)42-56(61(55)71)65(7,8)9)70(59)58-33-32-51(67(13,14)66(10,11)12)40-54(58)45-24-19-16-20-25-45;/h15-37,39-42,71H,1-14H3;/q-1;/i1D3,2D3,3D3;. The van der Waals surface area contributed by atoms with Crippen molar-refractivity contribution in [2.45, 2.75) is 118 Å². The van der Waals surface area contributed by atoms with Crippen LogP contribution in [0.1, 0.15) is 131 Å². The molecule has 0 unspecified atom stereocenters. The molecule has 0 aliphatic carbocycles. The van der Waals surface area contributed by atoms with E-state index in [1.807, 2.05) is 54.6 Å². The zero-order chi connectivity index (χ0) is 58.3. The third-order valence-corrected chi connectivity index (χ3v) is 14.6. The van der Waals surface area contributed by atoms with Crippen LogP contribution in [0, 0.1) is 11.5 Å². The van der Waals surface area contributed by atoms with Gasteiger partial charge in [-0.25, -0.2) is 4.98 Å². The minimum atomic E-state index is -3.38. The maximum absolute atomic E-state index is 12.7. The number of para-hydroxylation sites is 1. The third kappa shape index (κ3) is 10.1. The Hall–Kier alpha value is -6.35. The third-order valence-electron chi connectivity index (χ3n) is 14.6. The van der Waals surface area contributed by atoms with E-state index in [1.54, 1.807) is 24.4 Å². The van der Waals surface area contributed by atoms with Crippen molar-refractivity contribution in [3.8, 4) is 78.6 Å². The van der Waals surface area contributed by atoms with E-state index in [-0.39, 0.29) is 48.6 Å². The summed E-state index contributed by atoms with van der Waals surface area (Å²) in [6, 6.07) is 54.9.